The molecule has 6 nitrogen and oxygen atoms in total. The van der Waals surface area contributed by atoms with Gasteiger partial charge in [-0.1, -0.05) is 36.4 Å². The number of methoxy groups -OCH3 is 1. The van der Waals surface area contributed by atoms with Crippen LogP contribution in [0.2, 0.25) is 0 Å². The van der Waals surface area contributed by atoms with Gasteiger partial charge in [0, 0.05) is 13.1 Å². The van der Waals surface area contributed by atoms with Gasteiger partial charge in [0.2, 0.25) is 0 Å². The van der Waals surface area contributed by atoms with Crippen LogP contribution in [0.15, 0.2) is 48.5 Å². The molecule has 2 rings (SSSR count). The number of amides is 1. The Balaban J connectivity index is 2.19. The van der Waals surface area contributed by atoms with E-state index in [2.05, 4.69) is 0 Å². The largest absolute Gasteiger partial charge is 0.465 e. The molecule has 0 aliphatic heterocycles. The fourth-order valence-corrected chi connectivity index (χ4v) is 2.57. The average Bonchev–Trinajstić information content (AvgIpc) is 2.66. The third kappa shape index (κ3) is 6.39. The zero-order valence-corrected chi connectivity index (χ0v) is 16.8. The SMILES string of the molecule is COC(=O)c1ccc(CN(Cc2ccc(CO)cc2)C(=O)OC(C)(C)C)cc1. The van der Waals surface area contributed by atoms with E-state index in [1.165, 1.54) is 7.11 Å². The molecule has 0 unspecified atom stereocenters. The second kappa shape index (κ2) is 9.37. The van der Waals surface area contributed by atoms with Crippen LogP contribution in [0.1, 0.15) is 47.8 Å². The van der Waals surface area contributed by atoms with Crippen LogP contribution in [0.3, 0.4) is 0 Å². The Bertz CT molecular complexity index is 791. The zero-order valence-electron chi connectivity index (χ0n) is 16.8. The standard InChI is InChI=1S/C22H27NO5/c1-22(2,3)28-21(26)23(13-16-5-7-18(15-24)8-6-16)14-17-9-11-19(12-10-17)20(25)27-4/h5-12,24H,13-15H2,1-4H3. The highest BCUT2D eigenvalue weighted by atomic mass is 16.6. The lowest BCUT2D eigenvalue weighted by Crippen LogP contribution is -2.36. The quantitative estimate of drug-likeness (QED) is 0.763. The summed E-state index contributed by atoms with van der Waals surface area (Å²) in [6.45, 7) is 6.14. The number of nitrogens with zero attached hydrogens (tertiary/aromatic N) is 1. The van der Waals surface area contributed by atoms with Crippen molar-refractivity contribution in [1.82, 2.24) is 4.90 Å². The molecule has 0 aliphatic carbocycles. The molecule has 6 heteroatoms. The first-order valence-corrected chi connectivity index (χ1v) is 9.05. The summed E-state index contributed by atoms with van der Waals surface area (Å²) in [6.07, 6.45) is -0.421. The highest BCUT2D eigenvalue weighted by molar-refractivity contribution is 5.89. The molecule has 0 aromatic heterocycles. The van der Waals surface area contributed by atoms with Crippen molar-refractivity contribution in [3.05, 3.63) is 70.8 Å². The van der Waals surface area contributed by atoms with E-state index < -0.39 is 17.7 Å². The fraction of sp³-hybridized carbons (Fsp3) is 0.364. The van der Waals surface area contributed by atoms with Crippen molar-refractivity contribution in [3.8, 4) is 0 Å². The Morgan fingerprint density at radius 3 is 1.79 bits per heavy atom. The van der Waals surface area contributed by atoms with Crippen LogP contribution in [0.5, 0.6) is 0 Å². The molecule has 0 radical (unpaired) electrons. The lowest BCUT2D eigenvalue weighted by atomic mass is 10.1. The van der Waals surface area contributed by atoms with Crippen LogP contribution in [0, 0.1) is 0 Å². The van der Waals surface area contributed by atoms with E-state index in [0.717, 1.165) is 16.7 Å². The van der Waals surface area contributed by atoms with E-state index in [4.69, 9.17) is 9.47 Å². The first kappa shape index (κ1) is 21.4. The zero-order chi connectivity index (χ0) is 20.7. The van der Waals surface area contributed by atoms with Gasteiger partial charge in [0.1, 0.15) is 5.60 Å². The van der Waals surface area contributed by atoms with Crippen molar-refractivity contribution < 1.29 is 24.2 Å². The van der Waals surface area contributed by atoms with Crippen molar-refractivity contribution in [2.45, 2.75) is 46.1 Å². The van der Waals surface area contributed by atoms with E-state index in [-0.39, 0.29) is 6.61 Å². The van der Waals surface area contributed by atoms with Crippen molar-refractivity contribution in [2.75, 3.05) is 7.11 Å². The van der Waals surface area contributed by atoms with Crippen LogP contribution < -0.4 is 0 Å². The molecule has 0 saturated heterocycles. The van der Waals surface area contributed by atoms with Crippen LogP contribution in [0.4, 0.5) is 4.79 Å². The molecule has 0 spiro atoms. The molecular weight excluding hydrogens is 358 g/mol. The Morgan fingerprint density at radius 1 is 0.893 bits per heavy atom. The molecule has 0 heterocycles. The number of aliphatic hydroxyl groups is 1. The molecule has 1 amide bonds. The van der Waals surface area contributed by atoms with Gasteiger partial charge in [-0.05, 0) is 49.6 Å². The summed E-state index contributed by atoms with van der Waals surface area (Å²) in [5, 5.41) is 9.18. The summed E-state index contributed by atoms with van der Waals surface area (Å²) in [7, 11) is 1.34. The van der Waals surface area contributed by atoms with Crippen molar-refractivity contribution >= 4 is 12.1 Å². The maximum Gasteiger partial charge on any atom is 0.410 e. The number of carbonyl (C=O) groups excluding carboxylic acids is 2. The van der Waals surface area contributed by atoms with E-state index in [0.29, 0.717) is 18.7 Å². The third-order valence-corrected chi connectivity index (χ3v) is 3.98. The van der Waals surface area contributed by atoms with E-state index in [1.54, 1.807) is 29.2 Å². The second-order valence-electron chi connectivity index (χ2n) is 7.50. The molecule has 28 heavy (non-hydrogen) atoms. The number of esters is 1. The number of rotatable bonds is 6. The molecule has 2 aromatic carbocycles. The van der Waals surface area contributed by atoms with E-state index >= 15 is 0 Å². The summed E-state index contributed by atoms with van der Waals surface area (Å²) in [5.74, 6) is -0.403. The highest BCUT2D eigenvalue weighted by Gasteiger charge is 2.22. The van der Waals surface area contributed by atoms with Crippen LogP contribution >= 0.6 is 0 Å². The summed E-state index contributed by atoms with van der Waals surface area (Å²) in [4.78, 5) is 25.9. The molecule has 0 bridgehead atoms. The molecule has 0 aliphatic rings. The molecule has 0 saturated carbocycles. The maximum atomic E-state index is 12.7. The summed E-state index contributed by atoms with van der Waals surface area (Å²) < 4.78 is 10.2. The fourth-order valence-electron chi connectivity index (χ4n) is 2.57. The molecular formula is C22H27NO5. The third-order valence-electron chi connectivity index (χ3n) is 3.98. The lowest BCUT2D eigenvalue weighted by molar-refractivity contribution is 0.0216. The number of ether oxygens (including phenoxy) is 2. The Hall–Kier alpha value is -2.86. The smallest absolute Gasteiger partial charge is 0.410 e. The van der Waals surface area contributed by atoms with Crippen LogP contribution in [-0.2, 0) is 29.2 Å². The minimum atomic E-state index is -0.606. The monoisotopic (exact) mass is 385 g/mol. The van der Waals surface area contributed by atoms with Crippen molar-refractivity contribution in [1.29, 1.82) is 0 Å². The van der Waals surface area contributed by atoms with Gasteiger partial charge >= 0.3 is 12.1 Å². The predicted molar refractivity (Wildman–Crippen MR) is 106 cm³/mol. The summed E-state index contributed by atoms with van der Waals surface area (Å²) >= 11 is 0. The first-order chi connectivity index (χ1) is 13.2. The normalized spacial score (nSPS) is 11.0. The second-order valence-corrected chi connectivity index (χ2v) is 7.50. The molecule has 0 atom stereocenters. The Kier molecular flexibility index (Phi) is 7.18. The minimum Gasteiger partial charge on any atom is -0.465 e. The maximum absolute atomic E-state index is 12.7. The predicted octanol–water partition coefficient (Wildman–Crippen LogP) is 3.90. The summed E-state index contributed by atoms with van der Waals surface area (Å²) in [5.41, 5.74) is 2.45. The van der Waals surface area contributed by atoms with E-state index in [1.807, 2.05) is 45.0 Å². The van der Waals surface area contributed by atoms with Crippen LogP contribution in [-0.4, -0.2) is 34.8 Å². The van der Waals surface area contributed by atoms with E-state index in [9.17, 15) is 14.7 Å². The number of hydrogen-bond donors (Lipinski definition) is 1. The molecule has 0 fully saturated rings. The van der Waals surface area contributed by atoms with Gasteiger partial charge in [0.15, 0.2) is 0 Å². The Labute approximate surface area is 165 Å². The van der Waals surface area contributed by atoms with Crippen LogP contribution in [0.25, 0.3) is 0 Å². The van der Waals surface area contributed by atoms with Gasteiger partial charge in [0.25, 0.3) is 0 Å². The molecule has 2 aromatic rings. The van der Waals surface area contributed by atoms with Gasteiger partial charge in [-0.2, -0.15) is 0 Å². The van der Waals surface area contributed by atoms with Gasteiger partial charge < -0.3 is 14.6 Å². The molecule has 150 valence electrons. The number of aliphatic hydroxyl groups excluding tert-OH is 1. The topological polar surface area (TPSA) is 76.1 Å². The number of carbonyl (C=O) groups is 2. The van der Waals surface area contributed by atoms with Gasteiger partial charge in [-0.3, -0.25) is 4.90 Å². The minimum absolute atomic E-state index is 0.0252. The Morgan fingerprint density at radius 2 is 1.36 bits per heavy atom. The van der Waals surface area contributed by atoms with Gasteiger partial charge in [0.05, 0.1) is 19.3 Å². The highest BCUT2D eigenvalue weighted by Crippen LogP contribution is 2.17. The van der Waals surface area contributed by atoms with Gasteiger partial charge in [-0.25, -0.2) is 9.59 Å². The number of benzene rings is 2. The van der Waals surface area contributed by atoms with Crippen molar-refractivity contribution in [3.63, 3.8) is 0 Å². The first-order valence-electron chi connectivity index (χ1n) is 9.05. The average molecular weight is 385 g/mol. The summed E-state index contributed by atoms with van der Waals surface area (Å²) in [6, 6.07) is 14.3. The lowest BCUT2D eigenvalue weighted by Gasteiger charge is -2.27. The van der Waals surface area contributed by atoms with Crippen molar-refractivity contribution in [2.24, 2.45) is 0 Å². The van der Waals surface area contributed by atoms with Gasteiger partial charge in [-0.15, -0.1) is 0 Å². The molecule has 1 N–H and O–H groups in total. The number of hydrogen-bond acceptors (Lipinski definition) is 5.